The van der Waals surface area contributed by atoms with Crippen LogP contribution in [-0.2, 0) is 16.4 Å². The standard InChI is InChI=1S/C12H20N2O2S2.ClH/c1-2-10-6-7-12(17-10)18(15,16)14-11-5-3-4-9(11)8-13;/h6-7,9,11,14H,2-5,8,13H2,1H3;1H. The van der Waals surface area contributed by atoms with Gasteiger partial charge in [0.05, 0.1) is 0 Å². The van der Waals surface area contributed by atoms with Crippen LogP contribution in [0.3, 0.4) is 0 Å². The number of halogens is 1. The fraction of sp³-hybridized carbons (Fsp3) is 0.667. The van der Waals surface area contributed by atoms with Gasteiger partial charge in [0, 0.05) is 10.9 Å². The van der Waals surface area contributed by atoms with Crippen molar-refractivity contribution >= 4 is 33.8 Å². The monoisotopic (exact) mass is 324 g/mol. The summed E-state index contributed by atoms with van der Waals surface area (Å²) in [5, 5.41) is 0. The van der Waals surface area contributed by atoms with Crippen LogP contribution in [0.4, 0.5) is 0 Å². The first-order valence-electron chi connectivity index (χ1n) is 6.38. The van der Waals surface area contributed by atoms with Gasteiger partial charge in [0.25, 0.3) is 0 Å². The molecule has 2 unspecified atom stereocenters. The average Bonchev–Trinajstić information content (AvgIpc) is 2.96. The molecule has 0 saturated heterocycles. The van der Waals surface area contributed by atoms with Crippen LogP contribution in [0, 0.1) is 5.92 Å². The molecule has 1 aliphatic rings. The molecule has 1 aliphatic carbocycles. The second-order valence-corrected chi connectivity index (χ2v) is 7.84. The molecule has 0 aliphatic heterocycles. The Morgan fingerprint density at radius 2 is 2.16 bits per heavy atom. The quantitative estimate of drug-likeness (QED) is 0.871. The molecule has 7 heteroatoms. The van der Waals surface area contributed by atoms with Crippen molar-refractivity contribution < 1.29 is 8.42 Å². The van der Waals surface area contributed by atoms with Crippen LogP contribution in [0.1, 0.15) is 31.1 Å². The van der Waals surface area contributed by atoms with Crippen LogP contribution in [0.5, 0.6) is 0 Å². The van der Waals surface area contributed by atoms with Crippen molar-refractivity contribution in [2.75, 3.05) is 6.54 Å². The molecule has 0 bridgehead atoms. The third-order valence-electron chi connectivity index (χ3n) is 3.52. The van der Waals surface area contributed by atoms with Crippen molar-refractivity contribution in [3.05, 3.63) is 17.0 Å². The van der Waals surface area contributed by atoms with Gasteiger partial charge in [-0.05, 0) is 43.9 Å². The molecule has 0 aromatic carbocycles. The Labute approximate surface area is 125 Å². The molecule has 4 nitrogen and oxygen atoms in total. The lowest BCUT2D eigenvalue weighted by Gasteiger charge is -2.18. The molecule has 1 saturated carbocycles. The number of hydrogen-bond acceptors (Lipinski definition) is 4. The van der Waals surface area contributed by atoms with Gasteiger partial charge >= 0.3 is 0 Å². The lowest BCUT2D eigenvalue weighted by atomic mass is 10.1. The van der Waals surface area contributed by atoms with E-state index in [9.17, 15) is 8.42 Å². The summed E-state index contributed by atoms with van der Waals surface area (Å²) in [5.41, 5.74) is 5.68. The van der Waals surface area contributed by atoms with Gasteiger partial charge in [-0.1, -0.05) is 13.3 Å². The smallest absolute Gasteiger partial charge is 0.250 e. The molecular formula is C12H21ClN2O2S2. The molecule has 3 N–H and O–H groups in total. The normalized spacial score (nSPS) is 23.3. The molecule has 0 spiro atoms. The molecule has 1 heterocycles. The van der Waals surface area contributed by atoms with E-state index in [1.165, 1.54) is 11.3 Å². The van der Waals surface area contributed by atoms with E-state index in [1.807, 2.05) is 13.0 Å². The van der Waals surface area contributed by atoms with Gasteiger partial charge in [-0.15, -0.1) is 23.7 Å². The Kier molecular flexibility index (Phi) is 6.26. The molecule has 1 fully saturated rings. The van der Waals surface area contributed by atoms with E-state index < -0.39 is 10.0 Å². The zero-order chi connectivity index (χ0) is 13.2. The van der Waals surface area contributed by atoms with E-state index >= 15 is 0 Å². The van der Waals surface area contributed by atoms with Gasteiger partial charge in [-0.25, -0.2) is 13.1 Å². The van der Waals surface area contributed by atoms with E-state index in [4.69, 9.17) is 5.73 Å². The van der Waals surface area contributed by atoms with Crippen LogP contribution in [-0.4, -0.2) is 21.0 Å². The maximum atomic E-state index is 12.2. The summed E-state index contributed by atoms with van der Waals surface area (Å²) in [6.45, 7) is 2.58. The molecule has 19 heavy (non-hydrogen) atoms. The number of sulfonamides is 1. The lowest BCUT2D eigenvalue weighted by Crippen LogP contribution is -2.39. The summed E-state index contributed by atoms with van der Waals surface area (Å²) in [4.78, 5) is 1.09. The van der Waals surface area contributed by atoms with E-state index in [-0.39, 0.29) is 24.4 Å². The van der Waals surface area contributed by atoms with Crippen LogP contribution in [0.2, 0.25) is 0 Å². The molecular weight excluding hydrogens is 304 g/mol. The highest BCUT2D eigenvalue weighted by molar-refractivity contribution is 7.91. The maximum Gasteiger partial charge on any atom is 0.250 e. The van der Waals surface area contributed by atoms with Crippen LogP contribution < -0.4 is 10.5 Å². The van der Waals surface area contributed by atoms with Crippen molar-refractivity contribution in [2.24, 2.45) is 11.7 Å². The van der Waals surface area contributed by atoms with Crippen molar-refractivity contribution in [3.8, 4) is 0 Å². The Hall–Kier alpha value is -0.140. The second-order valence-electron chi connectivity index (χ2n) is 4.73. The summed E-state index contributed by atoms with van der Waals surface area (Å²) >= 11 is 1.35. The SMILES string of the molecule is CCc1ccc(S(=O)(=O)NC2CCCC2CN)s1.Cl. The minimum atomic E-state index is -3.36. The fourth-order valence-electron chi connectivity index (χ4n) is 2.42. The van der Waals surface area contributed by atoms with Crippen molar-refractivity contribution in [2.45, 2.75) is 42.9 Å². The minimum Gasteiger partial charge on any atom is -0.330 e. The first-order chi connectivity index (χ1) is 8.56. The second kappa shape index (κ2) is 7.04. The largest absolute Gasteiger partial charge is 0.330 e. The highest BCUT2D eigenvalue weighted by Crippen LogP contribution is 2.28. The van der Waals surface area contributed by atoms with Crippen molar-refractivity contribution in [3.63, 3.8) is 0 Å². The number of aryl methyl sites for hydroxylation is 1. The topological polar surface area (TPSA) is 72.2 Å². The zero-order valence-corrected chi connectivity index (χ0v) is 13.4. The van der Waals surface area contributed by atoms with Gasteiger partial charge in [0.1, 0.15) is 4.21 Å². The third kappa shape index (κ3) is 3.92. The number of nitrogens with one attached hydrogen (secondary N) is 1. The molecule has 110 valence electrons. The van der Waals surface area contributed by atoms with Gasteiger partial charge in [-0.2, -0.15) is 0 Å². The molecule has 0 amide bonds. The summed E-state index contributed by atoms with van der Waals surface area (Å²) in [7, 11) is -3.36. The fourth-order valence-corrected chi connectivity index (χ4v) is 5.08. The predicted octanol–water partition coefficient (Wildman–Crippen LogP) is 2.14. The van der Waals surface area contributed by atoms with Gasteiger partial charge in [0.2, 0.25) is 10.0 Å². The summed E-state index contributed by atoms with van der Waals surface area (Å²) in [6.07, 6.45) is 3.84. The number of rotatable bonds is 5. The highest BCUT2D eigenvalue weighted by atomic mass is 35.5. The number of thiophene rings is 1. The zero-order valence-electron chi connectivity index (χ0n) is 11.0. The first kappa shape index (κ1) is 16.9. The van der Waals surface area contributed by atoms with E-state index in [2.05, 4.69) is 4.72 Å². The van der Waals surface area contributed by atoms with E-state index in [0.29, 0.717) is 10.8 Å². The Morgan fingerprint density at radius 1 is 1.42 bits per heavy atom. The van der Waals surface area contributed by atoms with Crippen molar-refractivity contribution in [1.29, 1.82) is 0 Å². The van der Waals surface area contributed by atoms with Crippen LogP contribution in [0.25, 0.3) is 0 Å². The molecule has 1 aromatic rings. The number of hydrogen-bond donors (Lipinski definition) is 2. The predicted molar refractivity (Wildman–Crippen MR) is 81.4 cm³/mol. The third-order valence-corrected chi connectivity index (χ3v) is 6.73. The minimum absolute atomic E-state index is 0. The molecule has 2 atom stereocenters. The van der Waals surface area contributed by atoms with E-state index in [0.717, 1.165) is 30.6 Å². The maximum absolute atomic E-state index is 12.2. The van der Waals surface area contributed by atoms with E-state index in [1.54, 1.807) is 6.07 Å². The molecule has 0 radical (unpaired) electrons. The average molecular weight is 325 g/mol. The summed E-state index contributed by atoms with van der Waals surface area (Å²) in [6, 6.07) is 3.58. The lowest BCUT2D eigenvalue weighted by molar-refractivity contribution is 0.453. The molecule has 2 rings (SSSR count). The van der Waals surface area contributed by atoms with Gasteiger partial charge in [0.15, 0.2) is 0 Å². The van der Waals surface area contributed by atoms with Crippen LogP contribution >= 0.6 is 23.7 Å². The Morgan fingerprint density at radius 3 is 2.74 bits per heavy atom. The highest BCUT2D eigenvalue weighted by Gasteiger charge is 2.30. The molecule has 1 aromatic heterocycles. The Bertz CT molecular complexity index is 502. The summed E-state index contributed by atoms with van der Waals surface area (Å²) < 4.78 is 27.7. The first-order valence-corrected chi connectivity index (χ1v) is 8.68. The van der Waals surface area contributed by atoms with Crippen LogP contribution in [0.15, 0.2) is 16.3 Å². The number of nitrogens with two attached hydrogens (primary N) is 1. The van der Waals surface area contributed by atoms with Crippen molar-refractivity contribution in [1.82, 2.24) is 4.72 Å². The Balaban J connectivity index is 0.00000180. The van der Waals surface area contributed by atoms with Gasteiger partial charge < -0.3 is 5.73 Å². The summed E-state index contributed by atoms with van der Waals surface area (Å²) in [5.74, 6) is 0.283. The van der Waals surface area contributed by atoms with Gasteiger partial charge in [-0.3, -0.25) is 0 Å².